The largest absolute Gasteiger partial charge is 0.351 e. The van der Waals surface area contributed by atoms with E-state index in [1.165, 1.54) is 116 Å². The Kier molecular flexibility index (Phi) is 16.5. The smallest absolute Gasteiger partial charge is 0.291 e. The fraction of sp³-hybridized carbons (Fsp3) is 0.259. The molecule has 0 aromatic carbocycles. The van der Waals surface area contributed by atoms with E-state index in [1.807, 2.05) is 0 Å². The Morgan fingerprint density at radius 1 is 0.365 bits per heavy atom. The molecule has 31 heteroatoms. The van der Waals surface area contributed by atoms with E-state index in [2.05, 4.69) is 63.1 Å². The number of carbonyl (C=O) groups excluding carboxylic acids is 10. The van der Waals surface area contributed by atoms with Crippen molar-refractivity contribution in [2.24, 2.45) is 62.1 Å². The number of nitrogens with zero attached hydrogens (tertiary/aromatic N) is 10. The molecule has 0 saturated heterocycles. The van der Waals surface area contributed by atoms with Gasteiger partial charge < -0.3 is 95.4 Å². The van der Waals surface area contributed by atoms with E-state index >= 15 is 0 Å². The lowest BCUT2D eigenvalue weighted by Crippen LogP contribution is -2.39. The van der Waals surface area contributed by atoms with Crippen LogP contribution in [-0.4, -0.2) is 125 Å². The summed E-state index contributed by atoms with van der Waals surface area (Å²) in [5.74, 6) is -5.55. The maximum Gasteiger partial charge on any atom is 0.291 e. The van der Waals surface area contributed by atoms with Gasteiger partial charge in [-0.1, -0.05) is 0 Å². The highest BCUT2D eigenvalue weighted by Gasteiger charge is 2.25. The number of nitrogens with one attached hydrogen (secondary N) is 10. The van der Waals surface area contributed by atoms with E-state index in [4.69, 9.17) is 5.73 Å². The molecule has 10 amide bonds. The van der Waals surface area contributed by atoms with E-state index in [1.54, 1.807) is 62.6 Å². The molecule has 1 atom stereocenters. The second-order valence-electron chi connectivity index (χ2n) is 20.2. The first kappa shape index (κ1) is 58.4. The fourth-order valence-corrected chi connectivity index (χ4v) is 9.31. The number of aryl methyl sites for hydroxylation is 8. The van der Waals surface area contributed by atoms with Gasteiger partial charge in [0.15, 0.2) is 11.6 Å². The summed E-state index contributed by atoms with van der Waals surface area (Å²) in [6.45, 7) is 0.106. The SMILES string of the molecule is Cn1cc2cc1C(=O)NCCCC(=O)Nc1cn(C)c(n1)C(=O)Nc1cc(n(C)c1)C(=O)Nc1cc(n(C)c1)C(=O)Nc1cc(n(C)c1)C(=O)NCC[C@@H](N)C(=O)Nc1cn(C)c(n1)C(=O)Nc1cc(n(C)c1)C(=O)Nc1cc(n(C)c1)C(=O)N2. The van der Waals surface area contributed by atoms with Crippen LogP contribution in [0.25, 0.3) is 0 Å². The van der Waals surface area contributed by atoms with Crippen LogP contribution in [0.15, 0.2) is 86.0 Å². The molecule has 8 aromatic rings. The molecule has 0 unspecified atom stereocenters. The summed E-state index contributed by atoms with van der Waals surface area (Å²) in [5, 5.41) is 27.2. The molecule has 8 aromatic heterocycles. The first-order valence-electron chi connectivity index (χ1n) is 26.2. The second-order valence-corrected chi connectivity index (χ2v) is 20.2. The van der Waals surface area contributed by atoms with Crippen LogP contribution in [0.4, 0.5) is 45.8 Å². The zero-order chi connectivity index (χ0) is 61.1. The minimum absolute atomic E-state index is 0.00769. The van der Waals surface area contributed by atoms with Gasteiger partial charge in [-0.25, -0.2) is 9.97 Å². The first-order chi connectivity index (χ1) is 40.4. The second kappa shape index (κ2) is 24.1. The van der Waals surface area contributed by atoms with Crippen LogP contribution in [0.2, 0.25) is 0 Å². The predicted molar refractivity (Wildman–Crippen MR) is 310 cm³/mol. The Labute approximate surface area is 483 Å². The molecule has 31 nitrogen and oxygen atoms in total. The number of carbonyl (C=O) groups is 10. The average Bonchev–Trinajstić information content (AvgIpc) is 4.11. The van der Waals surface area contributed by atoms with E-state index in [0.29, 0.717) is 5.69 Å². The molecule has 1 aliphatic rings. The third-order valence-electron chi connectivity index (χ3n) is 13.6. The average molecular weight is 1160 g/mol. The normalized spacial score (nSPS) is 15.9. The Morgan fingerprint density at radius 2 is 0.659 bits per heavy atom. The number of imidazole rings is 2. The van der Waals surface area contributed by atoms with Gasteiger partial charge in [0.1, 0.15) is 34.2 Å². The van der Waals surface area contributed by atoms with Crippen LogP contribution >= 0.6 is 0 Å². The molecular weight excluding hydrogens is 1100 g/mol. The van der Waals surface area contributed by atoms with Crippen molar-refractivity contribution in [2.75, 3.05) is 55.6 Å². The summed E-state index contributed by atoms with van der Waals surface area (Å²) >= 11 is 0. The first-order valence-corrected chi connectivity index (χ1v) is 26.2. The molecule has 0 spiro atoms. The van der Waals surface area contributed by atoms with Crippen molar-refractivity contribution in [1.82, 2.24) is 57.1 Å². The van der Waals surface area contributed by atoms with Gasteiger partial charge in [-0.05, 0) is 49.2 Å². The minimum atomic E-state index is -1.11. The maximum absolute atomic E-state index is 13.5. The number of aromatic nitrogens is 10. The molecule has 16 bridgehead atoms. The summed E-state index contributed by atoms with van der Waals surface area (Å²) < 4.78 is 11.8. The summed E-state index contributed by atoms with van der Waals surface area (Å²) in [6, 6.07) is 7.66. The predicted octanol–water partition coefficient (Wildman–Crippen LogP) is 2.25. The Bertz CT molecular complexity index is 4020. The van der Waals surface area contributed by atoms with Crippen LogP contribution in [-0.2, 0) is 66.0 Å². The highest BCUT2D eigenvalue weighted by atomic mass is 16.2. The molecule has 9 heterocycles. The molecule has 0 aliphatic carbocycles. The minimum Gasteiger partial charge on any atom is -0.351 e. The van der Waals surface area contributed by atoms with Crippen molar-refractivity contribution in [3.8, 4) is 0 Å². The number of fused-ring (bicyclic) bond motifs is 16. The van der Waals surface area contributed by atoms with Gasteiger partial charge in [-0.15, -0.1) is 0 Å². The van der Waals surface area contributed by atoms with Gasteiger partial charge in [0.05, 0.1) is 40.2 Å². The highest BCUT2D eigenvalue weighted by Crippen LogP contribution is 2.24. The van der Waals surface area contributed by atoms with E-state index in [0.717, 1.165) is 0 Å². The molecule has 0 radical (unpaired) electrons. The van der Waals surface area contributed by atoms with Gasteiger partial charge in [0.25, 0.3) is 47.3 Å². The number of nitrogens with two attached hydrogens (primary N) is 1. The van der Waals surface area contributed by atoms with Crippen molar-refractivity contribution >= 4 is 105 Å². The summed E-state index contributed by atoms with van der Waals surface area (Å²) in [7, 11) is 12.8. The zero-order valence-electron chi connectivity index (χ0n) is 47.3. The number of hydrogen-bond acceptors (Lipinski definition) is 13. The van der Waals surface area contributed by atoms with Gasteiger partial charge in [0, 0.05) is 125 Å². The van der Waals surface area contributed by atoms with Crippen molar-refractivity contribution in [2.45, 2.75) is 25.3 Å². The van der Waals surface area contributed by atoms with Crippen molar-refractivity contribution < 1.29 is 47.9 Å². The van der Waals surface area contributed by atoms with Crippen molar-refractivity contribution in [3.63, 3.8) is 0 Å². The Balaban J connectivity index is 0.879. The number of anilines is 8. The molecule has 85 heavy (non-hydrogen) atoms. The monoisotopic (exact) mass is 1160 g/mol. The third kappa shape index (κ3) is 13.3. The third-order valence-corrected chi connectivity index (χ3v) is 13.6. The summed E-state index contributed by atoms with van der Waals surface area (Å²) in [6.07, 6.45) is 12.3. The molecular formula is C54H61N21O10. The Morgan fingerprint density at radius 3 is 1.00 bits per heavy atom. The lowest BCUT2D eigenvalue weighted by molar-refractivity contribution is -0.117. The van der Waals surface area contributed by atoms with E-state index < -0.39 is 65.1 Å². The van der Waals surface area contributed by atoms with Crippen LogP contribution in [0.3, 0.4) is 0 Å². The number of rotatable bonds is 0. The zero-order valence-corrected chi connectivity index (χ0v) is 47.3. The van der Waals surface area contributed by atoms with E-state index in [9.17, 15) is 47.9 Å². The van der Waals surface area contributed by atoms with Gasteiger partial charge in [-0.2, -0.15) is 0 Å². The van der Waals surface area contributed by atoms with Gasteiger partial charge in [-0.3, -0.25) is 47.9 Å². The number of amides is 10. The standard InChI is InChI=1S/C54H61N21O10/c1-68-20-28-14-35(68)47(78)56-12-9-10-43(76)64-41-26-74(7)44(65-41)53(84)62-32-18-39(72(5)24-32)51(82)60-31-17-38(71(4)23-31)50(81)59-29-15-36(69(2)21-29)48(79)57-13-11-34(55)46(77)67-42-27-75(8)45(66-42)54(85)63-33-19-40(73(6)25-33)52(83)61-30-16-37(49(80)58-28)70(3)22-30/h14-27,34H,9-13,55H2,1-8H3,(H,56,78)(H,57,79)(H,58,80)(H,59,81)(H,60,82)(H,61,83)(H,62,84)(H,63,85)(H,64,76)(H,67,77)/t34-/m1/s1. The van der Waals surface area contributed by atoms with Gasteiger partial charge >= 0.3 is 0 Å². The Hall–Kier alpha value is -11.2. The molecule has 0 fully saturated rings. The van der Waals surface area contributed by atoms with Crippen LogP contribution < -0.4 is 58.9 Å². The summed E-state index contributed by atoms with van der Waals surface area (Å²) in [4.78, 5) is 142. The molecule has 9 rings (SSSR count). The lowest BCUT2D eigenvalue weighted by Gasteiger charge is -2.11. The molecule has 1 aliphatic heterocycles. The van der Waals surface area contributed by atoms with Gasteiger partial charge in [0.2, 0.25) is 23.5 Å². The van der Waals surface area contributed by atoms with Crippen LogP contribution in [0.5, 0.6) is 0 Å². The van der Waals surface area contributed by atoms with Crippen molar-refractivity contribution in [3.05, 3.63) is 132 Å². The molecule has 12 N–H and O–H groups in total. The van der Waals surface area contributed by atoms with Crippen LogP contribution in [0.1, 0.15) is 103 Å². The maximum atomic E-state index is 13.5. The fourth-order valence-electron chi connectivity index (χ4n) is 9.31. The molecule has 0 saturated carbocycles. The molecule has 442 valence electrons. The highest BCUT2D eigenvalue weighted by molar-refractivity contribution is 6.10. The number of hydrogen-bond donors (Lipinski definition) is 11. The van der Waals surface area contributed by atoms with E-state index in [-0.39, 0.29) is 118 Å². The van der Waals surface area contributed by atoms with Crippen molar-refractivity contribution in [1.29, 1.82) is 0 Å². The lowest BCUT2D eigenvalue weighted by atomic mass is 10.2. The topological polar surface area (TPSA) is 382 Å². The quantitative estimate of drug-likeness (QED) is 0.104. The summed E-state index contributed by atoms with van der Waals surface area (Å²) in [5.41, 5.74) is 8.91. The van der Waals surface area contributed by atoms with Crippen LogP contribution in [0, 0.1) is 0 Å².